The van der Waals surface area contributed by atoms with Crippen LogP contribution < -0.4 is 5.32 Å². The Morgan fingerprint density at radius 1 is 1.18 bits per heavy atom. The van der Waals surface area contributed by atoms with Crippen molar-refractivity contribution in [3.8, 4) is 0 Å². The molecule has 1 aromatic rings. The van der Waals surface area contributed by atoms with Gasteiger partial charge in [-0.05, 0) is 57.7 Å². The van der Waals surface area contributed by atoms with Crippen LogP contribution in [0.3, 0.4) is 0 Å². The molecule has 0 aliphatic heterocycles. The molecule has 0 aliphatic carbocycles. The molecule has 0 aliphatic rings. The number of benzene rings is 1. The van der Waals surface area contributed by atoms with E-state index in [2.05, 4.69) is 64.2 Å². The maximum atomic E-state index is 3.61. The van der Waals surface area contributed by atoms with Gasteiger partial charge in [0.05, 0.1) is 0 Å². The first-order valence-corrected chi connectivity index (χ1v) is 6.72. The monoisotopic (exact) mass is 233 g/mol. The van der Waals surface area contributed by atoms with Crippen molar-refractivity contribution in [3.05, 3.63) is 35.4 Å². The molecule has 0 heterocycles. The van der Waals surface area contributed by atoms with Crippen molar-refractivity contribution in [3.63, 3.8) is 0 Å². The molecule has 0 aromatic heterocycles. The van der Waals surface area contributed by atoms with Crippen LogP contribution in [0.5, 0.6) is 0 Å². The highest BCUT2D eigenvalue weighted by Crippen LogP contribution is 2.16. The summed E-state index contributed by atoms with van der Waals surface area (Å²) in [6.07, 6.45) is 2.42. The molecule has 0 amide bonds. The van der Waals surface area contributed by atoms with Gasteiger partial charge in [-0.2, -0.15) is 0 Å². The summed E-state index contributed by atoms with van der Waals surface area (Å²) in [5.74, 6) is 0.732. The summed E-state index contributed by atoms with van der Waals surface area (Å²) in [4.78, 5) is 0. The topological polar surface area (TPSA) is 12.0 Å². The van der Waals surface area contributed by atoms with Gasteiger partial charge in [-0.25, -0.2) is 0 Å². The second-order valence-electron chi connectivity index (χ2n) is 6.04. The predicted molar refractivity (Wildman–Crippen MR) is 76.4 cm³/mol. The molecule has 0 bridgehead atoms. The number of aryl methyl sites for hydroxylation is 1. The number of rotatable bonds is 5. The number of hydrogen-bond acceptors (Lipinski definition) is 1. The molecule has 1 nitrogen and oxygen atoms in total. The fourth-order valence-electron chi connectivity index (χ4n) is 1.96. The van der Waals surface area contributed by atoms with E-state index in [0.717, 1.165) is 12.5 Å². The summed E-state index contributed by atoms with van der Waals surface area (Å²) in [7, 11) is 0. The average molecular weight is 233 g/mol. The van der Waals surface area contributed by atoms with Crippen molar-refractivity contribution >= 4 is 0 Å². The summed E-state index contributed by atoms with van der Waals surface area (Å²) in [6.45, 7) is 12.3. The van der Waals surface area contributed by atoms with Crippen molar-refractivity contribution in [1.29, 1.82) is 0 Å². The van der Waals surface area contributed by atoms with E-state index in [4.69, 9.17) is 0 Å². The molecule has 1 unspecified atom stereocenters. The molecule has 0 fully saturated rings. The quantitative estimate of drug-likeness (QED) is 0.812. The zero-order valence-corrected chi connectivity index (χ0v) is 12.0. The minimum Gasteiger partial charge on any atom is -0.312 e. The maximum absolute atomic E-state index is 3.61. The van der Waals surface area contributed by atoms with E-state index in [-0.39, 0.29) is 5.54 Å². The Hall–Kier alpha value is -0.820. The van der Waals surface area contributed by atoms with Crippen LogP contribution in [0.15, 0.2) is 24.3 Å². The molecule has 0 saturated heterocycles. The molecular weight excluding hydrogens is 206 g/mol. The van der Waals surface area contributed by atoms with Gasteiger partial charge in [0.15, 0.2) is 0 Å². The summed E-state index contributed by atoms with van der Waals surface area (Å²) in [6, 6.07) is 8.73. The van der Waals surface area contributed by atoms with Crippen molar-refractivity contribution in [1.82, 2.24) is 5.32 Å². The third-order valence-electron chi connectivity index (χ3n) is 3.27. The average Bonchev–Trinajstić information content (AvgIpc) is 2.25. The Labute approximate surface area is 107 Å². The number of nitrogens with one attached hydrogen (secondary N) is 1. The Bertz CT molecular complexity index is 336. The fraction of sp³-hybridized carbons (Fsp3) is 0.625. The third kappa shape index (κ3) is 5.36. The van der Waals surface area contributed by atoms with E-state index >= 15 is 0 Å². The normalized spacial score (nSPS) is 13.7. The predicted octanol–water partition coefficient (Wildman–Crippen LogP) is 3.95. The molecule has 0 saturated carbocycles. The Balaban J connectivity index is 2.56. The summed E-state index contributed by atoms with van der Waals surface area (Å²) >= 11 is 0. The second kappa shape index (κ2) is 6.20. The van der Waals surface area contributed by atoms with Crippen molar-refractivity contribution in [2.24, 2.45) is 5.92 Å². The molecular formula is C16H27N. The molecule has 0 radical (unpaired) electrons. The molecule has 1 aromatic carbocycles. The lowest BCUT2D eigenvalue weighted by Crippen LogP contribution is -2.39. The summed E-state index contributed by atoms with van der Waals surface area (Å²) in [5, 5.41) is 3.61. The minimum atomic E-state index is 0.221. The van der Waals surface area contributed by atoms with Gasteiger partial charge in [0, 0.05) is 5.54 Å². The highest BCUT2D eigenvalue weighted by Gasteiger charge is 2.13. The van der Waals surface area contributed by atoms with E-state index in [1.807, 2.05) is 0 Å². The highest BCUT2D eigenvalue weighted by atomic mass is 14.9. The van der Waals surface area contributed by atoms with E-state index in [1.165, 1.54) is 24.0 Å². The van der Waals surface area contributed by atoms with Crippen LogP contribution in [0.4, 0.5) is 0 Å². The Morgan fingerprint density at radius 3 is 2.35 bits per heavy atom. The van der Waals surface area contributed by atoms with E-state index in [0.29, 0.717) is 0 Å². The summed E-state index contributed by atoms with van der Waals surface area (Å²) in [5.41, 5.74) is 3.14. The molecule has 1 atom stereocenters. The van der Waals surface area contributed by atoms with E-state index in [9.17, 15) is 0 Å². The van der Waals surface area contributed by atoms with Gasteiger partial charge < -0.3 is 5.32 Å². The van der Waals surface area contributed by atoms with Gasteiger partial charge in [0.25, 0.3) is 0 Å². The molecule has 1 heteroatoms. The molecule has 1 N–H and O–H groups in total. The third-order valence-corrected chi connectivity index (χ3v) is 3.27. The van der Waals surface area contributed by atoms with Crippen molar-refractivity contribution < 1.29 is 0 Å². The molecule has 0 spiro atoms. The van der Waals surface area contributed by atoms with Gasteiger partial charge in [-0.3, -0.25) is 0 Å². The highest BCUT2D eigenvalue weighted by molar-refractivity contribution is 5.25. The van der Waals surface area contributed by atoms with Crippen molar-refractivity contribution in [2.45, 2.75) is 53.0 Å². The first-order chi connectivity index (χ1) is 7.92. The lowest BCUT2D eigenvalue weighted by Gasteiger charge is -2.25. The van der Waals surface area contributed by atoms with Crippen molar-refractivity contribution in [2.75, 3.05) is 6.54 Å². The molecule has 1 rings (SSSR count). The Morgan fingerprint density at radius 2 is 1.82 bits per heavy atom. The zero-order valence-electron chi connectivity index (χ0n) is 12.0. The first-order valence-electron chi connectivity index (χ1n) is 6.72. The van der Waals surface area contributed by atoms with Gasteiger partial charge in [0.2, 0.25) is 0 Å². The summed E-state index contributed by atoms with van der Waals surface area (Å²) < 4.78 is 0. The lowest BCUT2D eigenvalue weighted by atomic mass is 9.93. The molecule has 96 valence electrons. The minimum absolute atomic E-state index is 0.221. The van der Waals surface area contributed by atoms with Crippen LogP contribution >= 0.6 is 0 Å². The van der Waals surface area contributed by atoms with Crippen LogP contribution in [0.2, 0.25) is 0 Å². The van der Waals surface area contributed by atoms with E-state index in [1.54, 1.807) is 0 Å². The van der Waals surface area contributed by atoms with Crippen LogP contribution in [-0.4, -0.2) is 12.1 Å². The fourth-order valence-corrected chi connectivity index (χ4v) is 1.96. The Kier molecular flexibility index (Phi) is 5.20. The smallest absolute Gasteiger partial charge is 0.00966 e. The van der Waals surface area contributed by atoms with Gasteiger partial charge in [0.1, 0.15) is 0 Å². The van der Waals surface area contributed by atoms with E-state index < -0.39 is 0 Å². The second-order valence-corrected chi connectivity index (χ2v) is 6.04. The first kappa shape index (κ1) is 14.2. The maximum Gasteiger partial charge on any atom is 0.00966 e. The van der Waals surface area contributed by atoms with Crippen LogP contribution in [0.1, 0.15) is 45.2 Å². The number of hydrogen-bond donors (Lipinski definition) is 1. The van der Waals surface area contributed by atoms with Gasteiger partial charge in [-0.15, -0.1) is 0 Å². The lowest BCUT2D eigenvalue weighted by molar-refractivity contribution is 0.363. The van der Waals surface area contributed by atoms with Crippen LogP contribution in [0, 0.1) is 12.8 Å². The largest absolute Gasteiger partial charge is 0.312 e. The van der Waals surface area contributed by atoms with Gasteiger partial charge in [-0.1, -0.05) is 37.6 Å². The molecule has 17 heavy (non-hydrogen) atoms. The SMILES string of the molecule is CCC(CNC(C)(C)C)Cc1ccccc1C. The van der Waals surface area contributed by atoms with Crippen LogP contribution in [-0.2, 0) is 6.42 Å². The van der Waals surface area contributed by atoms with Crippen LogP contribution in [0.25, 0.3) is 0 Å². The van der Waals surface area contributed by atoms with Gasteiger partial charge >= 0.3 is 0 Å². The standard InChI is InChI=1S/C16H27N/c1-6-14(12-17-16(3,4)5)11-15-10-8-7-9-13(15)2/h7-10,14,17H,6,11-12H2,1-5H3. The zero-order chi connectivity index (χ0) is 12.9.